The fourth-order valence-corrected chi connectivity index (χ4v) is 5.98. The van der Waals surface area contributed by atoms with Crippen molar-refractivity contribution in [2.24, 2.45) is 5.92 Å². The number of phenols is 1. The summed E-state index contributed by atoms with van der Waals surface area (Å²) < 4.78 is 28.4. The van der Waals surface area contributed by atoms with E-state index >= 15 is 0 Å². The third-order valence-electron chi connectivity index (χ3n) is 7.04. The molecule has 27 heavy (non-hydrogen) atoms. The minimum absolute atomic E-state index is 0.341. The summed E-state index contributed by atoms with van der Waals surface area (Å²) >= 11 is 0. The highest BCUT2D eigenvalue weighted by Gasteiger charge is 2.58. The predicted octanol–water partition coefficient (Wildman–Crippen LogP) is 2.94. The molecule has 4 rings (SSSR count). The molecule has 2 fully saturated rings. The minimum Gasteiger partial charge on any atom is -0.748 e. The van der Waals surface area contributed by atoms with Gasteiger partial charge in [0.25, 0.3) is 0 Å². The zero-order chi connectivity index (χ0) is 19.9. The highest BCUT2D eigenvalue weighted by Crippen LogP contribution is 2.57. The fourth-order valence-electron chi connectivity index (χ4n) is 5.98. The zero-order valence-corrected chi connectivity index (χ0v) is 17.2. The Morgan fingerprint density at radius 2 is 2.07 bits per heavy atom. The molecule has 1 N–H and O–H groups in total. The van der Waals surface area contributed by atoms with Gasteiger partial charge in [-0.3, -0.25) is 0 Å². The second-order valence-corrected chi connectivity index (χ2v) is 10.2. The van der Waals surface area contributed by atoms with Gasteiger partial charge < -0.3 is 14.1 Å². The number of hydrogen-bond donors (Lipinski definition) is 1. The van der Waals surface area contributed by atoms with Crippen LogP contribution in [0.3, 0.4) is 0 Å². The molecule has 6 heteroatoms. The lowest BCUT2D eigenvalue weighted by atomic mass is 9.52. The number of aromatic hydroxyl groups is 1. The van der Waals surface area contributed by atoms with E-state index in [2.05, 4.69) is 31.8 Å². The largest absolute Gasteiger partial charge is 0.748 e. The molecule has 1 aromatic rings. The molecule has 1 aromatic carbocycles. The van der Waals surface area contributed by atoms with Crippen LogP contribution < -0.4 is 0 Å². The highest BCUT2D eigenvalue weighted by molar-refractivity contribution is 7.84. The van der Waals surface area contributed by atoms with Gasteiger partial charge in [0.2, 0.25) is 0 Å². The number of benzene rings is 1. The Bertz CT molecular complexity index is 813. The molecule has 2 aliphatic carbocycles. The molecule has 2 bridgehead atoms. The maximum absolute atomic E-state index is 10.0. The molecule has 0 amide bonds. The van der Waals surface area contributed by atoms with E-state index in [0.717, 1.165) is 23.0 Å². The number of phenolic OH excluding ortho intramolecular Hbond substituents is 1. The van der Waals surface area contributed by atoms with Gasteiger partial charge in [0, 0.05) is 30.4 Å². The van der Waals surface area contributed by atoms with Crippen LogP contribution in [0.15, 0.2) is 30.9 Å². The van der Waals surface area contributed by atoms with Crippen LogP contribution in [0.1, 0.15) is 43.2 Å². The van der Waals surface area contributed by atoms with Crippen LogP contribution >= 0.6 is 0 Å². The standard InChI is InChI=1S/C20H27NO.CH4O3S/c1-3-11-21(2)12-10-20-9-5-4-6-17(20)19(21)13-15-7-8-16(22)14-18(15)20;1-5(2,3)4/h3,7-8,14,17,19H,1,4-6,9-13H2,2H3;1H3,(H,2,3,4)/t17?,19-,20-,21?;/m0./s1. The highest BCUT2D eigenvalue weighted by atomic mass is 32.2. The summed E-state index contributed by atoms with van der Waals surface area (Å²) in [6.07, 6.45) is 10.6. The number of nitrogens with zero attached hydrogens (tertiary/aromatic N) is 1. The van der Waals surface area contributed by atoms with Gasteiger partial charge in [0.05, 0.1) is 36.3 Å². The minimum atomic E-state index is -3.92. The molecule has 3 aliphatic rings. The summed E-state index contributed by atoms with van der Waals surface area (Å²) in [5.74, 6) is 1.24. The number of fused-ring (bicyclic) bond motifs is 1. The Morgan fingerprint density at radius 3 is 2.74 bits per heavy atom. The van der Waals surface area contributed by atoms with Crippen LogP contribution in [0.4, 0.5) is 0 Å². The molecular weight excluding hydrogens is 362 g/mol. The van der Waals surface area contributed by atoms with Crippen LogP contribution in [-0.2, 0) is 22.0 Å². The van der Waals surface area contributed by atoms with Crippen molar-refractivity contribution in [3.05, 3.63) is 42.0 Å². The first kappa shape index (κ1) is 20.4. The molecule has 0 spiro atoms. The molecule has 0 radical (unpaired) electrons. The summed E-state index contributed by atoms with van der Waals surface area (Å²) in [6, 6.07) is 6.89. The summed E-state index contributed by atoms with van der Waals surface area (Å²) in [5, 5.41) is 10.0. The van der Waals surface area contributed by atoms with Crippen molar-refractivity contribution < 1.29 is 22.6 Å². The topological polar surface area (TPSA) is 77.4 Å². The Morgan fingerprint density at radius 1 is 1.37 bits per heavy atom. The molecule has 1 saturated carbocycles. The van der Waals surface area contributed by atoms with Crippen LogP contribution in [0.25, 0.3) is 0 Å². The van der Waals surface area contributed by atoms with Crippen molar-refractivity contribution in [3.8, 4) is 5.75 Å². The van der Waals surface area contributed by atoms with E-state index in [9.17, 15) is 5.11 Å². The number of quaternary nitrogens is 1. The average Bonchev–Trinajstić information content (AvgIpc) is 2.58. The van der Waals surface area contributed by atoms with Crippen molar-refractivity contribution in [3.63, 3.8) is 0 Å². The number of rotatable bonds is 2. The molecule has 1 saturated heterocycles. The van der Waals surface area contributed by atoms with E-state index in [1.807, 2.05) is 6.07 Å². The number of piperidine rings is 1. The van der Waals surface area contributed by atoms with Gasteiger partial charge in [-0.1, -0.05) is 25.5 Å². The van der Waals surface area contributed by atoms with Gasteiger partial charge in [-0.05, 0) is 42.2 Å². The molecular formula is C21H31NO4S. The monoisotopic (exact) mass is 393 g/mol. The smallest absolute Gasteiger partial charge is 0.115 e. The van der Waals surface area contributed by atoms with E-state index in [0.29, 0.717) is 17.4 Å². The van der Waals surface area contributed by atoms with Crippen molar-refractivity contribution in [1.29, 1.82) is 0 Å². The molecule has 1 aliphatic heterocycles. The van der Waals surface area contributed by atoms with E-state index in [-0.39, 0.29) is 0 Å². The molecule has 2 unspecified atom stereocenters. The summed E-state index contributed by atoms with van der Waals surface area (Å²) in [6.45, 7) is 6.36. The molecule has 4 atom stereocenters. The first-order chi connectivity index (χ1) is 12.6. The van der Waals surface area contributed by atoms with Crippen LogP contribution in [0.2, 0.25) is 0 Å². The first-order valence-corrected chi connectivity index (χ1v) is 11.6. The number of hydrogen-bond acceptors (Lipinski definition) is 4. The second-order valence-electron chi connectivity index (χ2n) is 8.75. The van der Waals surface area contributed by atoms with E-state index in [1.165, 1.54) is 56.2 Å². The average molecular weight is 394 g/mol. The predicted molar refractivity (Wildman–Crippen MR) is 106 cm³/mol. The lowest BCUT2D eigenvalue weighted by Crippen LogP contribution is -2.68. The van der Waals surface area contributed by atoms with Crippen molar-refractivity contribution in [2.45, 2.75) is 50.0 Å². The summed E-state index contributed by atoms with van der Waals surface area (Å²) in [7, 11) is -1.48. The quantitative estimate of drug-likeness (QED) is 0.476. The SMILES string of the molecule is C=CC[N+]1(C)CC[C@@]23CCCCC2[C@@H]1Cc1ccc(O)cc13.CS(=O)(=O)[O-]. The molecule has 150 valence electrons. The van der Waals surface area contributed by atoms with Gasteiger partial charge in [-0.2, -0.15) is 0 Å². The fraction of sp³-hybridized carbons (Fsp3) is 0.619. The molecule has 0 aromatic heterocycles. The van der Waals surface area contributed by atoms with Crippen molar-refractivity contribution in [2.75, 3.05) is 26.4 Å². The van der Waals surface area contributed by atoms with Gasteiger partial charge in [0.1, 0.15) is 5.75 Å². The van der Waals surface area contributed by atoms with Crippen LogP contribution in [-0.4, -0.2) is 55.0 Å². The maximum Gasteiger partial charge on any atom is 0.115 e. The second kappa shape index (κ2) is 7.22. The van der Waals surface area contributed by atoms with Crippen LogP contribution in [0.5, 0.6) is 5.75 Å². The number of likely N-dealkylation sites (N-methyl/N-ethyl adjacent to an activating group) is 1. The van der Waals surface area contributed by atoms with Gasteiger partial charge >= 0.3 is 0 Å². The van der Waals surface area contributed by atoms with E-state index in [4.69, 9.17) is 13.0 Å². The zero-order valence-electron chi connectivity index (χ0n) is 16.4. The van der Waals surface area contributed by atoms with E-state index in [1.54, 1.807) is 0 Å². The third kappa shape index (κ3) is 3.93. The Labute approximate surface area is 163 Å². The summed E-state index contributed by atoms with van der Waals surface area (Å²) in [4.78, 5) is 0. The Balaban J connectivity index is 0.000000376. The van der Waals surface area contributed by atoms with Gasteiger partial charge in [0.15, 0.2) is 0 Å². The molecule has 5 nitrogen and oxygen atoms in total. The lowest BCUT2D eigenvalue weighted by Gasteiger charge is -2.61. The number of likely N-dealkylation sites (tertiary alicyclic amines) is 1. The lowest BCUT2D eigenvalue weighted by molar-refractivity contribution is -0.940. The van der Waals surface area contributed by atoms with E-state index < -0.39 is 10.1 Å². The van der Waals surface area contributed by atoms with Gasteiger partial charge in [-0.25, -0.2) is 8.42 Å². The van der Waals surface area contributed by atoms with Crippen molar-refractivity contribution in [1.82, 2.24) is 0 Å². The van der Waals surface area contributed by atoms with Crippen molar-refractivity contribution >= 4 is 10.1 Å². The maximum atomic E-state index is 10.0. The normalized spacial score (nSPS) is 34.5. The van der Waals surface area contributed by atoms with Gasteiger partial charge in [-0.15, -0.1) is 0 Å². The Hall–Kier alpha value is -1.37. The van der Waals surface area contributed by atoms with Crippen LogP contribution in [0, 0.1) is 5.92 Å². The third-order valence-corrected chi connectivity index (χ3v) is 7.04. The first-order valence-electron chi connectivity index (χ1n) is 9.77. The summed E-state index contributed by atoms with van der Waals surface area (Å²) in [5.41, 5.74) is 3.32. The molecule has 1 heterocycles. The Kier molecular flexibility index (Phi) is 5.45.